The van der Waals surface area contributed by atoms with E-state index < -0.39 is 23.7 Å². The summed E-state index contributed by atoms with van der Waals surface area (Å²) in [5, 5.41) is 6.78. The van der Waals surface area contributed by atoms with E-state index >= 15 is 0 Å². The number of nitrogens with zero attached hydrogens (tertiary/aromatic N) is 1. The van der Waals surface area contributed by atoms with Gasteiger partial charge in [-0.25, -0.2) is 4.39 Å². The molecule has 0 amide bonds. The predicted octanol–water partition coefficient (Wildman–Crippen LogP) is 3.31. The molecular formula is C9H7F7N2. The first-order valence-electron chi connectivity index (χ1n) is 4.46. The first-order valence-corrected chi connectivity index (χ1v) is 4.46. The lowest BCUT2D eigenvalue weighted by atomic mass is 10.0. The van der Waals surface area contributed by atoms with Crippen molar-refractivity contribution >= 4 is 6.21 Å². The Morgan fingerprint density at radius 1 is 1.00 bits per heavy atom. The molecule has 0 aliphatic rings. The van der Waals surface area contributed by atoms with Crippen LogP contribution in [-0.4, -0.2) is 23.1 Å². The molecule has 0 saturated heterocycles. The van der Waals surface area contributed by atoms with Gasteiger partial charge in [0, 0.05) is 13.3 Å². The third-order valence-corrected chi connectivity index (χ3v) is 2.44. The van der Waals surface area contributed by atoms with Crippen LogP contribution in [0.2, 0.25) is 0 Å². The van der Waals surface area contributed by atoms with E-state index in [0.717, 1.165) is 13.1 Å². The molecule has 1 rings (SSSR count). The average molecular weight is 276 g/mol. The zero-order valence-corrected chi connectivity index (χ0v) is 8.83. The highest BCUT2D eigenvalue weighted by Crippen LogP contribution is 2.53. The van der Waals surface area contributed by atoms with Gasteiger partial charge in [-0.3, -0.25) is 0 Å². The van der Waals surface area contributed by atoms with E-state index in [2.05, 4.69) is 0 Å². The summed E-state index contributed by atoms with van der Waals surface area (Å²) in [7, 11) is 0.821. The topological polar surface area (TPSA) is 28.8 Å². The normalized spacial score (nSPS) is 13.8. The fourth-order valence-electron chi connectivity index (χ4n) is 1.47. The van der Waals surface area contributed by atoms with Crippen LogP contribution < -0.4 is 0 Å². The van der Waals surface area contributed by atoms with Crippen molar-refractivity contribution in [1.82, 2.24) is 4.57 Å². The van der Waals surface area contributed by atoms with Gasteiger partial charge in [0.05, 0.1) is 11.4 Å². The van der Waals surface area contributed by atoms with Crippen LogP contribution in [0.1, 0.15) is 11.4 Å². The van der Waals surface area contributed by atoms with Crippen molar-refractivity contribution < 1.29 is 30.7 Å². The Balaban J connectivity index is 3.56. The molecule has 18 heavy (non-hydrogen) atoms. The maximum atomic E-state index is 13.6. The highest BCUT2D eigenvalue weighted by molar-refractivity contribution is 5.75. The largest absolute Gasteiger partial charge is 0.437 e. The van der Waals surface area contributed by atoms with E-state index in [4.69, 9.17) is 5.41 Å². The molecule has 0 aliphatic carbocycles. The molecule has 1 aromatic rings. The second kappa shape index (κ2) is 3.99. The summed E-state index contributed by atoms with van der Waals surface area (Å²) in [5.41, 5.74) is -7.35. The number of hydrogen-bond acceptors (Lipinski definition) is 1. The Hall–Kier alpha value is -1.54. The highest BCUT2D eigenvalue weighted by Gasteiger charge is 2.74. The number of rotatable bonds is 2. The molecule has 0 spiro atoms. The van der Waals surface area contributed by atoms with Crippen molar-refractivity contribution in [3.63, 3.8) is 0 Å². The van der Waals surface area contributed by atoms with Crippen molar-refractivity contribution in [2.45, 2.75) is 18.0 Å². The third-order valence-electron chi connectivity index (χ3n) is 2.44. The quantitative estimate of drug-likeness (QED) is 0.634. The van der Waals surface area contributed by atoms with Crippen LogP contribution in [-0.2, 0) is 12.7 Å². The summed E-state index contributed by atoms with van der Waals surface area (Å²) in [6, 6.07) is 1.16. The molecule has 0 bridgehead atoms. The second-order valence-corrected chi connectivity index (χ2v) is 3.50. The molecule has 0 aliphatic heterocycles. The number of halogens is 7. The van der Waals surface area contributed by atoms with Crippen LogP contribution in [0, 0.1) is 5.41 Å². The predicted molar refractivity (Wildman–Crippen MR) is 48.2 cm³/mol. The van der Waals surface area contributed by atoms with Gasteiger partial charge < -0.3 is 9.98 Å². The van der Waals surface area contributed by atoms with Crippen molar-refractivity contribution in [2.24, 2.45) is 7.05 Å². The van der Waals surface area contributed by atoms with E-state index in [9.17, 15) is 30.7 Å². The standard InChI is InChI=1S/C9H7F7N2/c1-18-5(4-17)2-3-6(18)7(10,8(11,12)13)9(14,15)16/h2-4,17H,1H3. The molecule has 102 valence electrons. The van der Waals surface area contributed by atoms with Gasteiger partial charge in [0.1, 0.15) is 0 Å². The van der Waals surface area contributed by atoms with Gasteiger partial charge in [-0.15, -0.1) is 0 Å². The monoisotopic (exact) mass is 276 g/mol. The van der Waals surface area contributed by atoms with Gasteiger partial charge in [-0.1, -0.05) is 0 Å². The lowest BCUT2D eigenvalue weighted by molar-refractivity contribution is -0.350. The number of aromatic nitrogens is 1. The van der Waals surface area contributed by atoms with E-state index in [1.165, 1.54) is 0 Å². The van der Waals surface area contributed by atoms with Crippen LogP contribution >= 0.6 is 0 Å². The Morgan fingerprint density at radius 2 is 1.44 bits per heavy atom. The maximum absolute atomic E-state index is 13.6. The Morgan fingerprint density at radius 3 is 1.72 bits per heavy atom. The summed E-state index contributed by atoms with van der Waals surface area (Å²) in [5.74, 6) is 0. The van der Waals surface area contributed by atoms with E-state index in [0.29, 0.717) is 16.8 Å². The first-order chi connectivity index (χ1) is 7.96. The molecule has 0 radical (unpaired) electrons. The minimum Gasteiger partial charge on any atom is -0.344 e. The zero-order chi connectivity index (χ0) is 14.4. The van der Waals surface area contributed by atoms with Crippen molar-refractivity contribution in [2.75, 3.05) is 0 Å². The maximum Gasteiger partial charge on any atom is 0.437 e. The number of hydrogen-bond donors (Lipinski definition) is 1. The molecule has 1 heterocycles. The number of nitrogens with one attached hydrogen (secondary N) is 1. The first kappa shape index (κ1) is 14.5. The SMILES string of the molecule is Cn1c(C=N)ccc1C(F)(C(F)(F)F)C(F)(F)F. The smallest absolute Gasteiger partial charge is 0.344 e. The summed E-state index contributed by atoms with van der Waals surface area (Å²) >= 11 is 0. The second-order valence-electron chi connectivity index (χ2n) is 3.50. The van der Waals surface area contributed by atoms with Gasteiger partial charge in [0.25, 0.3) is 0 Å². The highest BCUT2D eigenvalue weighted by atomic mass is 19.4. The molecule has 1 N–H and O–H groups in total. The van der Waals surface area contributed by atoms with Crippen LogP contribution in [0.25, 0.3) is 0 Å². The van der Waals surface area contributed by atoms with Crippen LogP contribution in [0.15, 0.2) is 12.1 Å². The molecule has 0 saturated carbocycles. The molecule has 0 aromatic carbocycles. The molecule has 0 fully saturated rings. The summed E-state index contributed by atoms with van der Waals surface area (Å²) < 4.78 is 88.4. The summed E-state index contributed by atoms with van der Waals surface area (Å²) in [6.07, 6.45) is -11.8. The van der Waals surface area contributed by atoms with Gasteiger partial charge >= 0.3 is 18.0 Å². The lowest BCUT2D eigenvalue weighted by Gasteiger charge is -2.30. The van der Waals surface area contributed by atoms with Gasteiger partial charge in [-0.2, -0.15) is 26.3 Å². The number of alkyl halides is 7. The van der Waals surface area contributed by atoms with Crippen molar-refractivity contribution in [3.8, 4) is 0 Å². The van der Waals surface area contributed by atoms with E-state index in [-0.39, 0.29) is 5.69 Å². The molecule has 0 unspecified atom stereocenters. The Labute approximate surface area is 96.5 Å². The van der Waals surface area contributed by atoms with Crippen LogP contribution in [0.3, 0.4) is 0 Å². The van der Waals surface area contributed by atoms with Gasteiger partial charge in [0.2, 0.25) is 0 Å². The third kappa shape index (κ3) is 1.87. The lowest BCUT2D eigenvalue weighted by Crippen LogP contribution is -2.51. The van der Waals surface area contributed by atoms with Crippen LogP contribution in [0.4, 0.5) is 30.7 Å². The average Bonchev–Trinajstić information content (AvgIpc) is 2.55. The molecule has 1 aromatic heterocycles. The molecule has 9 heteroatoms. The Kier molecular flexibility index (Phi) is 3.22. The van der Waals surface area contributed by atoms with Crippen LogP contribution in [0.5, 0.6) is 0 Å². The fourth-order valence-corrected chi connectivity index (χ4v) is 1.47. The minimum absolute atomic E-state index is 0.277. The van der Waals surface area contributed by atoms with E-state index in [1.807, 2.05) is 0 Å². The fraction of sp³-hybridized carbons (Fsp3) is 0.444. The van der Waals surface area contributed by atoms with Crippen molar-refractivity contribution in [3.05, 3.63) is 23.5 Å². The van der Waals surface area contributed by atoms with E-state index in [1.54, 1.807) is 0 Å². The van der Waals surface area contributed by atoms with Crippen molar-refractivity contribution in [1.29, 1.82) is 5.41 Å². The summed E-state index contributed by atoms with van der Waals surface area (Å²) in [4.78, 5) is 0. The molecular weight excluding hydrogens is 269 g/mol. The zero-order valence-electron chi connectivity index (χ0n) is 8.83. The summed E-state index contributed by atoms with van der Waals surface area (Å²) in [6.45, 7) is 0. The molecule has 2 nitrogen and oxygen atoms in total. The van der Waals surface area contributed by atoms with Gasteiger partial charge in [-0.05, 0) is 12.1 Å². The van der Waals surface area contributed by atoms with Gasteiger partial charge in [0.15, 0.2) is 0 Å². The Bertz CT molecular complexity index is 440. The minimum atomic E-state index is -6.14. The molecule has 0 atom stereocenters.